The molecular weight excluding hydrogens is 363 g/mol. The summed E-state index contributed by atoms with van der Waals surface area (Å²) in [6.45, 7) is 4.21. The van der Waals surface area contributed by atoms with Gasteiger partial charge in [-0.2, -0.15) is 5.10 Å². The molecule has 5 nitrogen and oxygen atoms in total. The van der Waals surface area contributed by atoms with Gasteiger partial charge in [0.05, 0.1) is 27.3 Å². The number of carbonyl (C=O) groups excluding carboxylic acids is 1. The Kier molecular flexibility index (Phi) is 4.31. The molecule has 0 radical (unpaired) electrons. The van der Waals surface area contributed by atoms with Crippen LogP contribution in [0.5, 0.6) is 0 Å². The molecule has 27 heavy (non-hydrogen) atoms. The molecule has 0 aliphatic rings. The molecule has 1 aromatic carbocycles. The minimum Gasteiger partial charge on any atom is -0.331 e. The van der Waals surface area contributed by atoms with Gasteiger partial charge in [-0.25, -0.2) is 4.39 Å². The lowest BCUT2D eigenvalue weighted by Crippen LogP contribution is -2.18. The van der Waals surface area contributed by atoms with Crippen molar-refractivity contribution in [3.63, 3.8) is 0 Å². The Morgan fingerprint density at radius 3 is 2.78 bits per heavy atom. The molecule has 0 aliphatic carbocycles. The number of anilines is 1. The monoisotopic (exact) mass is 382 g/mol. The number of nitrogens with zero attached hydrogens (tertiary/aromatic N) is 3. The number of nitrogens with one attached hydrogen (secondary N) is 1. The molecule has 0 aliphatic heterocycles. The third-order valence-electron chi connectivity index (χ3n) is 4.73. The second kappa shape index (κ2) is 6.66. The molecule has 0 fully saturated rings. The maximum Gasteiger partial charge on any atom is 0.272 e. The van der Waals surface area contributed by atoms with Gasteiger partial charge in [0.1, 0.15) is 11.5 Å². The molecule has 0 unspecified atom stereocenters. The number of rotatable bonds is 4. The van der Waals surface area contributed by atoms with Crippen molar-refractivity contribution in [1.82, 2.24) is 14.3 Å². The number of thiophene rings is 1. The van der Waals surface area contributed by atoms with E-state index in [0.29, 0.717) is 12.2 Å². The lowest BCUT2D eigenvalue weighted by atomic mass is 10.2. The summed E-state index contributed by atoms with van der Waals surface area (Å²) in [4.78, 5) is 13.0. The molecule has 138 valence electrons. The first kappa shape index (κ1) is 17.5. The second-order valence-electron chi connectivity index (χ2n) is 6.54. The van der Waals surface area contributed by atoms with Crippen molar-refractivity contribution < 1.29 is 9.18 Å². The second-order valence-corrected chi connectivity index (χ2v) is 7.49. The van der Waals surface area contributed by atoms with E-state index < -0.39 is 0 Å². The Bertz CT molecular complexity index is 1150. The van der Waals surface area contributed by atoms with Gasteiger partial charge in [0.2, 0.25) is 0 Å². The zero-order valence-corrected chi connectivity index (χ0v) is 16.1. The lowest BCUT2D eigenvalue weighted by Gasteiger charge is -2.11. The summed E-state index contributed by atoms with van der Waals surface area (Å²) in [5.74, 6) is -0.483. The largest absolute Gasteiger partial charge is 0.331 e. The first-order valence-electron chi connectivity index (χ1n) is 8.57. The first-order valence-corrected chi connectivity index (χ1v) is 9.44. The Morgan fingerprint density at radius 2 is 2.07 bits per heavy atom. The van der Waals surface area contributed by atoms with Gasteiger partial charge in [-0.1, -0.05) is 12.1 Å². The molecule has 0 bridgehead atoms. The van der Waals surface area contributed by atoms with Crippen LogP contribution in [-0.2, 0) is 13.6 Å². The molecule has 3 heterocycles. The van der Waals surface area contributed by atoms with Gasteiger partial charge in [-0.15, -0.1) is 11.3 Å². The van der Waals surface area contributed by atoms with Gasteiger partial charge in [0.15, 0.2) is 0 Å². The van der Waals surface area contributed by atoms with Crippen LogP contribution in [0, 0.1) is 19.7 Å². The van der Waals surface area contributed by atoms with Gasteiger partial charge in [0.25, 0.3) is 5.91 Å². The van der Waals surface area contributed by atoms with Crippen LogP contribution >= 0.6 is 11.3 Å². The highest BCUT2D eigenvalue weighted by Gasteiger charge is 2.19. The Balaban J connectivity index is 1.73. The van der Waals surface area contributed by atoms with Crippen molar-refractivity contribution in [2.75, 3.05) is 5.32 Å². The molecule has 4 aromatic rings. The number of fused-ring (bicyclic) bond motifs is 1. The van der Waals surface area contributed by atoms with Crippen LogP contribution in [0.2, 0.25) is 0 Å². The maximum absolute atomic E-state index is 13.6. The number of carbonyl (C=O) groups is 1. The average molecular weight is 382 g/mol. The predicted molar refractivity (Wildman–Crippen MR) is 106 cm³/mol. The van der Waals surface area contributed by atoms with E-state index in [4.69, 9.17) is 0 Å². The smallest absolute Gasteiger partial charge is 0.272 e. The fraction of sp³-hybridized carbons (Fsp3) is 0.200. The van der Waals surface area contributed by atoms with Crippen molar-refractivity contribution >= 4 is 33.1 Å². The van der Waals surface area contributed by atoms with Crippen LogP contribution < -0.4 is 5.32 Å². The highest BCUT2D eigenvalue weighted by Crippen LogP contribution is 2.28. The van der Waals surface area contributed by atoms with E-state index in [1.54, 1.807) is 22.1 Å². The summed E-state index contributed by atoms with van der Waals surface area (Å²) in [6, 6.07) is 10.3. The SMILES string of the molecule is Cc1nn(C)c(C)c1NC(=O)c1cc2sccc2n1Cc1cccc(F)c1. The molecule has 0 saturated heterocycles. The van der Waals surface area contributed by atoms with Crippen molar-refractivity contribution in [2.24, 2.45) is 7.05 Å². The van der Waals surface area contributed by atoms with Crippen LogP contribution in [0.15, 0.2) is 41.8 Å². The number of aryl methyl sites for hydroxylation is 2. The van der Waals surface area contributed by atoms with E-state index in [-0.39, 0.29) is 11.7 Å². The number of amides is 1. The molecule has 3 aromatic heterocycles. The number of halogens is 1. The fourth-order valence-electron chi connectivity index (χ4n) is 3.29. The lowest BCUT2D eigenvalue weighted by molar-refractivity contribution is 0.101. The summed E-state index contributed by atoms with van der Waals surface area (Å²) >= 11 is 1.58. The third kappa shape index (κ3) is 3.14. The van der Waals surface area contributed by atoms with Crippen LogP contribution in [0.4, 0.5) is 10.1 Å². The Labute approximate surface area is 160 Å². The molecule has 1 N–H and O–H groups in total. The van der Waals surface area contributed by atoms with Crippen LogP contribution in [0.25, 0.3) is 10.2 Å². The molecule has 4 rings (SSSR count). The van der Waals surface area contributed by atoms with Gasteiger partial charge >= 0.3 is 0 Å². The summed E-state index contributed by atoms with van der Waals surface area (Å²) in [7, 11) is 1.85. The van der Waals surface area contributed by atoms with Gasteiger partial charge in [-0.05, 0) is 49.1 Å². The number of benzene rings is 1. The molecule has 7 heteroatoms. The number of aromatic nitrogens is 3. The van der Waals surface area contributed by atoms with E-state index in [1.165, 1.54) is 12.1 Å². The van der Waals surface area contributed by atoms with Crippen molar-refractivity contribution in [3.05, 3.63) is 70.2 Å². The third-order valence-corrected chi connectivity index (χ3v) is 5.59. The minimum absolute atomic E-state index is 0.200. The maximum atomic E-state index is 13.6. The molecule has 0 atom stereocenters. The topological polar surface area (TPSA) is 51.9 Å². The van der Waals surface area contributed by atoms with E-state index in [2.05, 4.69) is 10.4 Å². The zero-order chi connectivity index (χ0) is 19.1. The van der Waals surface area contributed by atoms with Crippen LogP contribution in [-0.4, -0.2) is 20.3 Å². The van der Waals surface area contributed by atoms with E-state index in [9.17, 15) is 9.18 Å². The van der Waals surface area contributed by atoms with Crippen LogP contribution in [0.3, 0.4) is 0 Å². The number of hydrogen-bond donors (Lipinski definition) is 1. The summed E-state index contributed by atoms with van der Waals surface area (Å²) in [5.41, 5.74) is 4.71. The predicted octanol–water partition coefficient (Wildman–Crippen LogP) is 4.49. The summed E-state index contributed by atoms with van der Waals surface area (Å²) < 4.78 is 18.3. The Morgan fingerprint density at radius 1 is 1.26 bits per heavy atom. The van der Waals surface area contributed by atoms with Crippen molar-refractivity contribution in [1.29, 1.82) is 0 Å². The molecule has 0 saturated carbocycles. The molecule has 0 spiro atoms. The normalized spacial score (nSPS) is 11.3. The first-order chi connectivity index (χ1) is 12.9. The van der Waals surface area contributed by atoms with Gasteiger partial charge in [0, 0.05) is 13.6 Å². The van der Waals surface area contributed by atoms with E-state index in [0.717, 1.165) is 32.9 Å². The standard InChI is InChI=1S/C20H19FN4OS/c1-12-19(13(2)24(3)23-12)22-20(26)17-10-18-16(7-8-27-18)25(17)11-14-5-4-6-15(21)9-14/h4-10H,11H2,1-3H3,(H,22,26). The van der Waals surface area contributed by atoms with Crippen molar-refractivity contribution in [3.8, 4) is 0 Å². The van der Waals surface area contributed by atoms with Crippen molar-refractivity contribution in [2.45, 2.75) is 20.4 Å². The highest BCUT2D eigenvalue weighted by atomic mass is 32.1. The van der Waals surface area contributed by atoms with E-state index >= 15 is 0 Å². The van der Waals surface area contributed by atoms with E-state index in [1.807, 2.05) is 49.0 Å². The quantitative estimate of drug-likeness (QED) is 0.565. The summed E-state index contributed by atoms with van der Waals surface area (Å²) in [6.07, 6.45) is 0. The molecule has 1 amide bonds. The fourth-order valence-corrected chi connectivity index (χ4v) is 4.11. The average Bonchev–Trinajstić information content (AvgIpc) is 3.27. The van der Waals surface area contributed by atoms with Gasteiger partial charge in [-0.3, -0.25) is 9.48 Å². The minimum atomic E-state index is -0.283. The molecular formula is C20H19FN4OS. The zero-order valence-electron chi connectivity index (χ0n) is 15.3. The Hall–Kier alpha value is -2.93. The van der Waals surface area contributed by atoms with Crippen LogP contribution in [0.1, 0.15) is 27.4 Å². The number of hydrogen-bond acceptors (Lipinski definition) is 3. The highest BCUT2D eigenvalue weighted by molar-refractivity contribution is 7.17. The summed E-state index contributed by atoms with van der Waals surface area (Å²) in [5, 5.41) is 9.33. The van der Waals surface area contributed by atoms with Gasteiger partial charge < -0.3 is 9.88 Å².